The van der Waals surface area contributed by atoms with Crippen molar-refractivity contribution in [2.45, 2.75) is 24.9 Å². The Morgan fingerprint density at radius 3 is 2.28 bits per heavy atom. The Hall–Kier alpha value is -3.66. The van der Waals surface area contributed by atoms with Crippen LogP contribution in [0.1, 0.15) is 28.4 Å². The summed E-state index contributed by atoms with van der Waals surface area (Å²) in [5.41, 5.74) is 5.61. The highest BCUT2D eigenvalue weighted by Crippen LogP contribution is 2.18. The van der Waals surface area contributed by atoms with E-state index in [0.717, 1.165) is 6.92 Å². The van der Waals surface area contributed by atoms with E-state index in [1.807, 2.05) is 0 Å². The number of carbonyl (C=O) groups is 2. The van der Waals surface area contributed by atoms with Crippen molar-refractivity contribution >= 4 is 11.8 Å². The first-order valence-corrected chi connectivity index (χ1v) is 8.22. The zero-order chi connectivity index (χ0) is 21.4. The molecule has 5 N–H and O–H groups in total. The Labute approximate surface area is 165 Å². The van der Waals surface area contributed by atoms with Crippen molar-refractivity contribution in [1.82, 2.24) is 10.8 Å². The van der Waals surface area contributed by atoms with Crippen molar-refractivity contribution in [3.63, 3.8) is 0 Å². The van der Waals surface area contributed by atoms with Gasteiger partial charge in [0.15, 0.2) is 0 Å². The molecular formula is C20H17F2N3O4. The number of nitrogens with two attached hydrogens (primary N) is 1. The molecule has 2 aromatic rings. The Morgan fingerprint density at radius 1 is 1.14 bits per heavy atom. The van der Waals surface area contributed by atoms with Gasteiger partial charge >= 0.3 is 0 Å². The number of hydrogen-bond acceptors (Lipinski definition) is 5. The third-order valence-corrected chi connectivity index (χ3v) is 3.88. The molecule has 0 bridgehead atoms. The monoisotopic (exact) mass is 401 g/mol. The van der Waals surface area contributed by atoms with Crippen LogP contribution in [0.15, 0.2) is 47.3 Å². The zero-order valence-corrected chi connectivity index (χ0v) is 15.2. The number of hydroxylamine groups is 1. The number of furan rings is 1. The van der Waals surface area contributed by atoms with Crippen LogP contribution in [0.5, 0.6) is 0 Å². The van der Waals surface area contributed by atoms with E-state index in [-0.39, 0.29) is 5.56 Å². The second-order valence-corrected chi connectivity index (χ2v) is 6.14. The van der Waals surface area contributed by atoms with Crippen LogP contribution in [-0.2, 0) is 4.79 Å². The van der Waals surface area contributed by atoms with Gasteiger partial charge in [0, 0.05) is 11.1 Å². The SMILES string of the molecule is CC(N)(C(F)F)C(NC(=O)c1ccc(C#CC#Cc2ccoc2)cc1)C(=O)NO. The van der Waals surface area contributed by atoms with E-state index >= 15 is 0 Å². The van der Waals surface area contributed by atoms with Gasteiger partial charge in [-0.2, -0.15) is 0 Å². The quantitative estimate of drug-likeness (QED) is 0.342. The van der Waals surface area contributed by atoms with Gasteiger partial charge in [0.05, 0.1) is 11.8 Å². The largest absolute Gasteiger partial charge is 0.471 e. The Kier molecular flexibility index (Phi) is 7.10. The molecule has 0 fully saturated rings. The predicted molar refractivity (Wildman–Crippen MR) is 98.7 cm³/mol. The maximum atomic E-state index is 13.1. The molecule has 1 aromatic carbocycles. The Bertz CT molecular complexity index is 979. The minimum absolute atomic E-state index is 0.0841. The number of nitrogens with one attached hydrogen (secondary N) is 2. The summed E-state index contributed by atoms with van der Waals surface area (Å²) in [7, 11) is 0. The second-order valence-electron chi connectivity index (χ2n) is 6.14. The summed E-state index contributed by atoms with van der Waals surface area (Å²) in [6.45, 7) is 0.890. The molecule has 2 amide bonds. The molecule has 1 aromatic heterocycles. The Balaban J connectivity index is 2.10. The lowest BCUT2D eigenvalue weighted by molar-refractivity contribution is -0.134. The van der Waals surface area contributed by atoms with Crippen molar-refractivity contribution in [2.75, 3.05) is 0 Å². The first kappa shape index (κ1) is 21.6. The van der Waals surface area contributed by atoms with Gasteiger partial charge in [0.25, 0.3) is 18.2 Å². The number of alkyl halides is 2. The Morgan fingerprint density at radius 2 is 1.76 bits per heavy atom. The van der Waals surface area contributed by atoms with Crippen molar-refractivity contribution in [3.05, 3.63) is 59.5 Å². The minimum Gasteiger partial charge on any atom is -0.471 e. The van der Waals surface area contributed by atoms with Crippen LogP contribution in [0.3, 0.4) is 0 Å². The molecular weight excluding hydrogens is 384 g/mol. The summed E-state index contributed by atoms with van der Waals surface area (Å²) in [5, 5.41) is 10.9. The van der Waals surface area contributed by atoms with Gasteiger partial charge in [0.2, 0.25) is 0 Å². The predicted octanol–water partition coefficient (Wildman–Crippen LogP) is 1.27. The molecule has 0 aliphatic carbocycles. The van der Waals surface area contributed by atoms with E-state index in [1.165, 1.54) is 42.3 Å². The molecule has 0 saturated carbocycles. The molecule has 2 atom stereocenters. The van der Waals surface area contributed by atoms with Crippen LogP contribution in [0, 0.1) is 23.7 Å². The standard InChI is InChI=1S/C20H17F2N3O4/c1-20(23,19(21)22)16(18(27)25-28)24-17(26)15-8-6-13(7-9-15)4-2-3-5-14-10-11-29-12-14/h6-12,16,19,28H,23H2,1H3,(H,24,26)(H,25,27). The molecule has 0 saturated heterocycles. The van der Waals surface area contributed by atoms with E-state index in [9.17, 15) is 18.4 Å². The maximum absolute atomic E-state index is 13.1. The molecule has 2 unspecified atom stereocenters. The van der Waals surface area contributed by atoms with Crippen LogP contribution < -0.4 is 16.5 Å². The van der Waals surface area contributed by atoms with Crippen molar-refractivity contribution in [2.24, 2.45) is 5.73 Å². The molecule has 29 heavy (non-hydrogen) atoms. The zero-order valence-electron chi connectivity index (χ0n) is 15.2. The number of carbonyl (C=O) groups excluding carboxylic acids is 2. The van der Waals surface area contributed by atoms with E-state index < -0.39 is 29.8 Å². The molecule has 2 rings (SSSR count). The van der Waals surface area contributed by atoms with Crippen LogP contribution in [0.4, 0.5) is 8.78 Å². The lowest BCUT2D eigenvalue weighted by atomic mass is 9.92. The van der Waals surface area contributed by atoms with Gasteiger partial charge in [-0.05, 0) is 55.0 Å². The van der Waals surface area contributed by atoms with Crippen molar-refractivity contribution in [1.29, 1.82) is 0 Å². The number of benzene rings is 1. The van der Waals surface area contributed by atoms with Gasteiger partial charge in [-0.25, -0.2) is 14.3 Å². The summed E-state index contributed by atoms with van der Waals surface area (Å²) in [6, 6.07) is 5.67. The molecule has 0 aliphatic rings. The van der Waals surface area contributed by atoms with Crippen molar-refractivity contribution < 1.29 is 28.0 Å². The topological polar surface area (TPSA) is 118 Å². The summed E-state index contributed by atoms with van der Waals surface area (Å²) < 4.78 is 31.1. The third kappa shape index (κ3) is 5.66. The van der Waals surface area contributed by atoms with Crippen molar-refractivity contribution in [3.8, 4) is 23.7 Å². The highest BCUT2D eigenvalue weighted by atomic mass is 19.3. The van der Waals surface area contributed by atoms with E-state index in [0.29, 0.717) is 11.1 Å². The smallest absolute Gasteiger partial charge is 0.268 e. The highest BCUT2D eigenvalue weighted by Gasteiger charge is 2.44. The third-order valence-electron chi connectivity index (χ3n) is 3.88. The normalized spacial score (nSPS) is 13.2. The van der Waals surface area contributed by atoms with Gasteiger partial charge in [-0.1, -0.05) is 5.92 Å². The van der Waals surface area contributed by atoms with E-state index in [2.05, 4.69) is 29.0 Å². The molecule has 1 heterocycles. The van der Waals surface area contributed by atoms with Gasteiger partial charge in [0.1, 0.15) is 17.8 Å². The summed E-state index contributed by atoms with van der Waals surface area (Å²) >= 11 is 0. The van der Waals surface area contributed by atoms with E-state index in [4.69, 9.17) is 15.4 Å². The van der Waals surface area contributed by atoms with Gasteiger partial charge in [-0.3, -0.25) is 14.8 Å². The minimum atomic E-state index is -3.13. The summed E-state index contributed by atoms with van der Waals surface area (Å²) in [6.07, 6.45) is -0.164. The van der Waals surface area contributed by atoms with Crippen LogP contribution in [0.2, 0.25) is 0 Å². The van der Waals surface area contributed by atoms with Gasteiger partial charge in [-0.15, -0.1) is 0 Å². The molecule has 7 nitrogen and oxygen atoms in total. The lowest BCUT2D eigenvalue weighted by Crippen LogP contribution is -2.66. The molecule has 0 radical (unpaired) electrons. The fourth-order valence-corrected chi connectivity index (χ4v) is 2.16. The average Bonchev–Trinajstić information content (AvgIpc) is 3.22. The van der Waals surface area contributed by atoms with Crippen LogP contribution >= 0.6 is 0 Å². The molecule has 9 heteroatoms. The molecule has 0 spiro atoms. The fraction of sp³-hybridized carbons (Fsp3) is 0.200. The van der Waals surface area contributed by atoms with Gasteiger partial charge < -0.3 is 15.5 Å². The first-order chi connectivity index (χ1) is 13.8. The number of hydrogen-bond donors (Lipinski definition) is 4. The number of halogens is 2. The number of rotatable bonds is 5. The van der Waals surface area contributed by atoms with Crippen LogP contribution in [0.25, 0.3) is 0 Å². The maximum Gasteiger partial charge on any atom is 0.268 e. The molecule has 0 aliphatic heterocycles. The summed E-state index contributed by atoms with van der Waals surface area (Å²) in [4.78, 5) is 24.0. The highest BCUT2D eigenvalue weighted by molar-refractivity contribution is 5.98. The number of amides is 2. The second kappa shape index (κ2) is 9.51. The summed E-state index contributed by atoms with van der Waals surface area (Å²) in [5.74, 6) is 8.75. The molecule has 150 valence electrons. The average molecular weight is 401 g/mol. The lowest BCUT2D eigenvalue weighted by Gasteiger charge is -2.32. The van der Waals surface area contributed by atoms with Crippen LogP contribution in [-0.4, -0.2) is 35.0 Å². The first-order valence-electron chi connectivity index (χ1n) is 8.22. The van der Waals surface area contributed by atoms with E-state index in [1.54, 1.807) is 6.07 Å². The fourth-order valence-electron chi connectivity index (χ4n) is 2.16.